The molecule has 1 aromatic carbocycles. The third kappa shape index (κ3) is 3.54. The van der Waals surface area contributed by atoms with Crippen LogP contribution in [0.2, 0.25) is 5.02 Å². The lowest BCUT2D eigenvalue weighted by molar-refractivity contribution is -0.389. The van der Waals surface area contributed by atoms with E-state index in [-0.39, 0.29) is 12.4 Å². The summed E-state index contributed by atoms with van der Waals surface area (Å²) in [7, 11) is 0. The Morgan fingerprint density at radius 1 is 1.26 bits per heavy atom. The van der Waals surface area contributed by atoms with Crippen LogP contribution >= 0.6 is 11.6 Å². The van der Waals surface area contributed by atoms with E-state index in [4.69, 9.17) is 16.0 Å². The van der Waals surface area contributed by atoms with E-state index in [1.807, 2.05) is 12.1 Å². The number of nitro groups is 1. The van der Waals surface area contributed by atoms with E-state index in [2.05, 4.69) is 15.3 Å². The first-order valence-electron chi connectivity index (χ1n) is 6.76. The predicted octanol–water partition coefficient (Wildman–Crippen LogP) is 2.78. The van der Waals surface area contributed by atoms with Crippen LogP contribution in [0, 0.1) is 17.0 Å². The van der Waals surface area contributed by atoms with Crippen LogP contribution in [-0.2, 0) is 13.0 Å². The topological polar surface area (TPSA) is 99.9 Å². The van der Waals surface area contributed by atoms with Crippen LogP contribution < -0.4 is 0 Å². The molecule has 0 N–H and O–H groups in total. The molecule has 0 aliphatic carbocycles. The zero-order valence-electron chi connectivity index (χ0n) is 12.1. The fraction of sp³-hybridized carbons (Fsp3) is 0.214. The largest absolute Gasteiger partial charge is 0.423 e. The highest BCUT2D eigenvalue weighted by molar-refractivity contribution is 6.30. The molecule has 0 bridgehead atoms. The van der Waals surface area contributed by atoms with Gasteiger partial charge in [0.05, 0.1) is 23.3 Å². The molecule has 23 heavy (non-hydrogen) atoms. The van der Waals surface area contributed by atoms with Crippen molar-refractivity contribution < 1.29 is 9.34 Å². The molecular formula is C14H12ClN5O3. The van der Waals surface area contributed by atoms with Crippen molar-refractivity contribution in [3.8, 4) is 0 Å². The highest BCUT2D eigenvalue weighted by Crippen LogP contribution is 2.15. The van der Waals surface area contributed by atoms with Crippen molar-refractivity contribution in [2.45, 2.75) is 19.9 Å². The Morgan fingerprint density at radius 2 is 1.96 bits per heavy atom. The van der Waals surface area contributed by atoms with Crippen LogP contribution in [0.15, 0.2) is 34.7 Å². The summed E-state index contributed by atoms with van der Waals surface area (Å²) in [4.78, 5) is 10.2. The maximum Gasteiger partial charge on any atom is 0.390 e. The minimum absolute atomic E-state index is 0.188. The average Bonchev–Trinajstić information content (AvgIpc) is 3.09. The second-order valence-electron chi connectivity index (χ2n) is 4.95. The molecule has 0 saturated carbocycles. The first-order valence-corrected chi connectivity index (χ1v) is 7.13. The van der Waals surface area contributed by atoms with Crippen molar-refractivity contribution in [3.05, 3.63) is 68.5 Å². The Balaban J connectivity index is 1.72. The standard InChI is InChI=1S/C14H12ClN5O3/c1-9-6-12(20(21)22)18-19(9)8-14-17-16-13(23-14)7-10-2-4-11(15)5-3-10/h2-6H,7-8H2,1H3. The summed E-state index contributed by atoms with van der Waals surface area (Å²) in [5.74, 6) is 0.597. The van der Waals surface area contributed by atoms with Crippen molar-refractivity contribution in [3.63, 3.8) is 0 Å². The highest BCUT2D eigenvalue weighted by atomic mass is 35.5. The van der Waals surface area contributed by atoms with Gasteiger partial charge in [-0.25, -0.2) is 0 Å². The van der Waals surface area contributed by atoms with Gasteiger partial charge >= 0.3 is 5.82 Å². The molecule has 0 spiro atoms. The smallest absolute Gasteiger partial charge is 0.390 e. The maximum atomic E-state index is 10.7. The molecule has 0 radical (unpaired) electrons. The fourth-order valence-electron chi connectivity index (χ4n) is 2.07. The first kappa shape index (κ1) is 15.2. The van der Waals surface area contributed by atoms with Crippen LogP contribution in [0.25, 0.3) is 0 Å². The van der Waals surface area contributed by atoms with Gasteiger partial charge < -0.3 is 14.5 Å². The molecule has 0 amide bonds. The zero-order valence-corrected chi connectivity index (χ0v) is 12.9. The number of hydrogen-bond donors (Lipinski definition) is 0. The summed E-state index contributed by atoms with van der Waals surface area (Å²) in [5, 5.41) is 23.2. The van der Waals surface area contributed by atoms with Crippen LogP contribution in [0.3, 0.4) is 0 Å². The maximum absolute atomic E-state index is 10.7. The molecule has 3 aromatic rings. The van der Waals surface area contributed by atoms with Gasteiger partial charge in [-0.3, -0.25) is 0 Å². The van der Waals surface area contributed by atoms with Gasteiger partial charge in [0, 0.05) is 5.02 Å². The summed E-state index contributed by atoms with van der Waals surface area (Å²) < 4.78 is 7.02. The summed E-state index contributed by atoms with van der Waals surface area (Å²) in [5.41, 5.74) is 1.64. The van der Waals surface area contributed by atoms with Crippen molar-refractivity contribution in [1.82, 2.24) is 20.0 Å². The van der Waals surface area contributed by atoms with Crippen molar-refractivity contribution in [1.29, 1.82) is 0 Å². The number of benzene rings is 1. The van der Waals surface area contributed by atoms with E-state index in [1.165, 1.54) is 10.7 Å². The van der Waals surface area contributed by atoms with Gasteiger partial charge in [-0.2, -0.15) is 4.68 Å². The first-order chi connectivity index (χ1) is 11.0. The third-order valence-corrected chi connectivity index (χ3v) is 3.47. The molecule has 0 saturated heterocycles. The number of halogens is 1. The molecule has 8 nitrogen and oxygen atoms in total. The summed E-state index contributed by atoms with van der Waals surface area (Å²) in [6.07, 6.45) is 0.488. The number of aryl methyl sites for hydroxylation is 1. The lowest BCUT2D eigenvalue weighted by Gasteiger charge is -1.97. The van der Waals surface area contributed by atoms with Gasteiger partial charge in [0.25, 0.3) is 0 Å². The van der Waals surface area contributed by atoms with Gasteiger partial charge in [0.1, 0.15) is 6.54 Å². The van der Waals surface area contributed by atoms with Crippen molar-refractivity contribution in [2.75, 3.05) is 0 Å². The van der Waals surface area contributed by atoms with Crippen LogP contribution in [0.4, 0.5) is 5.82 Å². The Bertz CT molecular complexity index is 840. The van der Waals surface area contributed by atoms with E-state index in [0.717, 1.165) is 5.56 Å². The molecule has 118 valence electrons. The van der Waals surface area contributed by atoms with Gasteiger partial charge in [-0.1, -0.05) is 23.7 Å². The molecule has 0 fully saturated rings. The van der Waals surface area contributed by atoms with Crippen LogP contribution in [0.1, 0.15) is 23.0 Å². The van der Waals surface area contributed by atoms with Gasteiger partial charge in [0.15, 0.2) is 0 Å². The highest BCUT2D eigenvalue weighted by Gasteiger charge is 2.17. The Morgan fingerprint density at radius 3 is 2.61 bits per heavy atom. The summed E-state index contributed by atoms with van der Waals surface area (Å²) in [6.45, 7) is 1.91. The van der Waals surface area contributed by atoms with Crippen LogP contribution in [-0.4, -0.2) is 24.9 Å². The molecule has 0 atom stereocenters. The van der Waals surface area contributed by atoms with Crippen molar-refractivity contribution >= 4 is 17.4 Å². The summed E-state index contributed by atoms with van der Waals surface area (Å²) >= 11 is 5.84. The molecule has 3 rings (SSSR count). The Labute approximate surface area is 135 Å². The molecular weight excluding hydrogens is 322 g/mol. The second kappa shape index (κ2) is 6.17. The average molecular weight is 334 g/mol. The van der Waals surface area contributed by atoms with Crippen LogP contribution in [0.5, 0.6) is 0 Å². The van der Waals surface area contributed by atoms with Crippen molar-refractivity contribution in [2.24, 2.45) is 0 Å². The van der Waals surface area contributed by atoms with E-state index in [0.29, 0.717) is 28.9 Å². The normalized spacial score (nSPS) is 10.9. The third-order valence-electron chi connectivity index (χ3n) is 3.22. The number of rotatable bonds is 5. The minimum atomic E-state index is -0.538. The number of nitrogens with zero attached hydrogens (tertiary/aromatic N) is 5. The van der Waals surface area contributed by atoms with Gasteiger partial charge in [0.2, 0.25) is 11.8 Å². The molecule has 9 heteroatoms. The lowest BCUT2D eigenvalue weighted by Crippen LogP contribution is -2.04. The summed E-state index contributed by atoms with van der Waals surface area (Å²) in [6, 6.07) is 8.74. The zero-order chi connectivity index (χ0) is 16.4. The quantitative estimate of drug-likeness (QED) is 0.525. The van der Waals surface area contributed by atoms with E-state index in [1.54, 1.807) is 19.1 Å². The lowest BCUT2D eigenvalue weighted by atomic mass is 10.1. The van der Waals surface area contributed by atoms with E-state index in [9.17, 15) is 10.1 Å². The minimum Gasteiger partial charge on any atom is -0.423 e. The fourth-order valence-corrected chi connectivity index (χ4v) is 2.20. The second-order valence-corrected chi connectivity index (χ2v) is 5.39. The van der Waals surface area contributed by atoms with Gasteiger partial charge in [-0.15, -0.1) is 10.2 Å². The SMILES string of the molecule is Cc1cc([N+](=O)[O-])nn1Cc1nnc(Cc2ccc(Cl)cc2)o1. The Hall–Kier alpha value is -2.74. The molecule has 2 aromatic heterocycles. The van der Waals surface area contributed by atoms with E-state index < -0.39 is 4.92 Å². The predicted molar refractivity (Wildman–Crippen MR) is 81.3 cm³/mol. The number of aromatic nitrogens is 4. The molecule has 0 aliphatic rings. The molecule has 2 heterocycles. The van der Waals surface area contributed by atoms with E-state index >= 15 is 0 Å². The molecule has 0 aliphatic heterocycles. The van der Waals surface area contributed by atoms with Gasteiger partial charge in [-0.05, 0) is 29.5 Å². The molecule has 0 unspecified atom stereocenters. The number of hydrogen-bond acceptors (Lipinski definition) is 6. The monoisotopic (exact) mass is 333 g/mol. The Kier molecular flexibility index (Phi) is 4.07.